The smallest absolute Gasteiger partial charge is 0.255 e. The van der Waals surface area contributed by atoms with Gasteiger partial charge in [-0.05, 0) is 6.92 Å². The Hall–Kier alpha value is -0.480. The predicted molar refractivity (Wildman–Crippen MR) is 38.9 cm³/mol. The Labute approximate surface area is 63.5 Å². The van der Waals surface area contributed by atoms with E-state index >= 15 is 0 Å². The van der Waals surface area contributed by atoms with Crippen molar-refractivity contribution in [2.24, 2.45) is 0 Å². The third kappa shape index (κ3) is 2.41. The average Bonchev–Trinajstić information content (AvgIpc) is 2.34. The Morgan fingerprint density at radius 2 is 2.70 bits per heavy atom. The van der Waals surface area contributed by atoms with Crippen LogP contribution < -0.4 is 0 Å². The summed E-state index contributed by atoms with van der Waals surface area (Å²) in [6.45, 7) is 1.73. The molecule has 0 radical (unpaired) electrons. The molecule has 0 saturated heterocycles. The number of nitrogens with zero attached hydrogens (tertiary/aromatic N) is 1. The Balaban J connectivity index is 2.28. The molecule has 0 amide bonds. The monoisotopic (exact) mass is 159 g/mol. The van der Waals surface area contributed by atoms with Crippen LogP contribution in [0.25, 0.3) is 0 Å². The second kappa shape index (κ2) is 3.63. The summed E-state index contributed by atoms with van der Waals surface area (Å²) in [7, 11) is 0. The lowest BCUT2D eigenvalue weighted by molar-refractivity contribution is 0.220. The van der Waals surface area contributed by atoms with E-state index in [1.165, 1.54) is 18.0 Å². The zero-order valence-electron chi connectivity index (χ0n) is 5.65. The first-order valence-electron chi connectivity index (χ1n) is 2.99. The number of hydrogen-bond acceptors (Lipinski definition) is 4. The van der Waals surface area contributed by atoms with Crippen LogP contribution in [0.5, 0.6) is 0 Å². The summed E-state index contributed by atoms with van der Waals surface area (Å²) >= 11 is 1.41. The van der Waals surface area contributed by atoms with Gasteiger partial charge in [0.1, 0.15) is 6.26 Å². The van der Waals surface area contributed by atoms with Crippen LogP contribution in [0.1, 0.15) is 6.92 Å². The van der Waals surface area contributed by atoms with Gasteiger partial charge in [0.05, 0.1) is 12.3 Å². The molecule has 56 valence electrons. The van der Waals surface area contributed by atoms with Crippen molar-refractivity contribution in [3.05, 3.63) is 12.5 Å². The molecule has 1 heterocycles. The molecule has 0 bridgehead atoms. The fraction of sp³-hybridized carbons (Fsp3) is 0.500. The Bertz CT molecular complexity index is 174. The van der Waals surface area contributed by atoms with Crippen molar-refractivity contribution < 1.29 is 9.52 Å². The van der Waals surface area contributed by atoms with Crippen molar-refractivity contribution >= 4 is 11.8 Å². The number of rotatable bonds is 3. The highest BCUT2D eigenvalue weighted by atomic mass is 32.2. The van der Waals surface area contributed by atoms with Crippen LogP contribution in [0.2, 0.25) is 0 Å². The summed E-state index contributed by atoms with van der Waals surface area (Å²) in [6.07, 6.45) is 2.80. The van der Waals surface area contributed by atoms with Gasteiger partial charge in [-0.25, -0.2) is 4.98 Å². The maximum absolute atomic E-state index is 8.86. The van der Waals surface area contributed by atoms with Crippen LogP contribution in [0.15, 0.2) is 22.1 Å². The van der Waals surface area contributed by atoms with Crippen molar-refractivity contribution in [3.8, 4) is 0 Å². The molecule has 1 aromatic heterocycles. The van der Waals surface area contributed by atoms with Gasteiger partial charge >= 0.3 is 0 Å². The molecule has 1 atom stereocenters. The van der Waals surface area contributed by atoms with Gasteiger partial charge in [0, 0.05) is 5.75 Å². The molecule has 3 nitrogen and oxygen atoms in total. The van der Waals surface area contributed by atoms with Crippen LogP contribution in [-0.2, 0) is 0 Å². The fourth-order valence-corrected chi connectivity index (χ4v) is 1.12. The second-order valence-corrected chi connectivity index (χ2v) is 2.93. The van der Waals surface area contributed by atoms with Crippen LogP contribution in [0, 0.1) is 0 Å². The summed E-state index contributed by atoms with van der Waals surface area (Å²) in [6, 6.07) is 0. The van der Waals surface area contributed by atoms with Crippen molar-refractivity contribution in [1.82, 2.24) is 4.98 Å². The maximum Gasteiger partial charge on any atom is 0.255 e. The minimum absolute atomic E-state index is 0.308. The highest BCUT2D eigenvalue weighted by Crippen LogP contribution is 2.15. The SMILES string of the molecule is C[C@@H](O)CSc1ncco1. The molecule has 0 aliphatic rings. The van der Waals surface area contributed by atoms with Gasteiger partial charge in [-0.2, -0.15) is 0 Å². The molecule has 0 saturated carbocycles. The van der Waals surface area contributed by atoms with Crippen LogP contribution in [0.4, 0.5) is 0 Å². The molecule has 0 aliphatic heterocycles. The van der Waals surface area contributed by atoms with Gasteiger partial charge in [0.2, 0.25) is 0 Å². The second-order valence-electron chi connectivity index (χ2n) is 1.96. The lowest BCUT2D eigenvalue weighted by atomic mass is 10.5. The normalized spacial score (nSPS) is 13.4. The fourth-order valence-electron chi connectivity index (χ4n) is 0.474. The molecule has 10 heavy (non-hydrogen) atoms. The summed E-state index contributed by atoms with van der Waals surface area (Å²) < 4.78 is 4.92. The standard InChI is InChI=1S/C6H9NO2S/c1-5(8)4-10-6-7-2-3-9-6/h2-3,5,8H,4H2,1H3/t5-/m1/s1. The molecular weight excluding hydrogens is 150 g/mol. The number of aromatic nitrogens is 1. The van der Waals surface area contributed by atoms with E-state index in [0.717, 1.165) is 0 Å². The molecule has 4 heteroatoms. The third-order valence-corrected chi connectivity index (χ3v) is 1.96. The van der Waals surface area contributed by atoms with Gasteiger partial charge in [-0.15, -0.1) is 0 Å². The van der Waals surface area contributed by atoms with Crippen LogP contribution in [-0.4, -0.2) is 21.9 Å². The summed E-state index contributed by atoms with van der Waals surface area (Å²) in [5, 5.41) is 9.47. The lowest BCUT2D eigenvalue weighted by Crippen LogP contribution is -2.02. The van der Waals surface area contributed by atoms with E-state index in [2.05, 4.69) is 4.98 Å². The molecule has 0 fully saturated rings. The first-order valence-corrected chi connectivity index (χ1v) is 3.98. The topological polar surface area (TPSA) is 46.3 Å². The molecule has 0 aliphatic carbocycles. The van der Waals surface area contributed by atoms with Crippen LogP contribution in [0.3, 0.4) is 0 Å². The molecule has 1 aromatic rings. The number of thioether (sulfide) groups is 1. The molecule has 0 unspecified atom stereocenters. The number of aliphatic hydroxyl groups is 1. The van der Waals surface area contributed by atoms with Crippen molar-refractivity contribution in [1.29, 1.82) is 0 Å². The van der Waals surface area contributed by atoms with E-state index in [1.54, 1.807) is 13.1 Å². The van der Waals surface area contributed by atoms with E-state index in [1.807, 2.05) is 0 Å². The number of aliphatic hydroxyl groups excluding tert-OH is 1. The third-order valence-electron chi connectivity index (χ3n) is 0.858. The first-order chi connectivity index (χ1) is 4.79. The molecule has 0 aromatic carbocycles. The summed E-state index contributed by atoms with van der Waals surface area (Å²) in [5.74, 6) is 0.626. The van der Waals surface area contributed by atoms with Gasteiger partial charge in [-0.3, -0.25) is 0 Å². The van der Waals surface area contributed by atoms with E-state index in [-0.39, 0.29) is 6.10 Å². The minimum atomic E-state index is -0.308. The van der Waals surface area contributed by atoms with E-state index < -0.39 is 0 Å². The Morgan fingerprint density at radius 1 is 1.90 bits per heavy atom. The van der Waals surface area contributed by atoms with Crippen LogP contribution >= 0.6 is 11.8 Å². The zero-order chi connectivity index (χ0) is 7.40. The van der Waals surface area contributed by atoms with E-state index in [0.29, 0.717) is 11.0 Å². The maximum atomic E-state index is 8.86. The van der Waals surface area contributed by atoms with E-state index in [9.17, 15) is 0 Å². The summed E-state index contributed by atoms with van der Waals surface area (Å²) in [5.41, 5.74) is 0. The zero-order valence-corrected chi connectivity index (χ0v) is 6.47. The van der Waals surface area contributed by atoms with Crippen molar-refractivity contribution in [2.45, 2.75) is 18.3 Å². The molecular formula is C6H9NO2S. The Morgan fingerprint density at radius 3 is 3.20 bits per heavy atom. The van der Waals surface area contributed by atoms with Gasteiger partial charge in [0.25, 0.3) is 5.22 Å². The largest absolute Gasteiger partial charge is 0.440 e. The number of hydrogen-bond donors (Lipinski definition) is 1. The lowest BCUT2D eigenvalue weighted by Gasteiger charge is -1.98. The molecule has 1 N–H and O–H groups in total. The van der Waals surface area contributed by atoms with Gasteiger partial charge in [-0.1, -0.05) is 11.8 Å². The van der Waals surface area contributed by atoms with E-state index in [4.69, 9.17) is 9.52 Å². The Kier molecular flexibility index (Phi) is 2.77. The number of oxazole rings is 1. The highest BCUT2D eigenvalue weighted by molar-refractivity contribution is 7.99. The van der Waals surface area contributed by atoms with Gasteiger partial charge in [0.15, 0.2) is 0 Å². The van der Waals surface area contributed by atoms with Crippen molar-refractivity contribution in [3.63, 3.8) is 0 Å². The molecule has 1 rings (SSSR count). The highest BCUT2D eigenvalue weighted by Gasteiger charge is 2.00. The minimum Gasteiger partial charge on any atom is -0.440 e. The molecule has 0 spiro atoms. The van der Waals surface area contributed by atoms with Gasteiger partial charge < -0.3 is 9.52 Å². The quantitative estimate of drug-likeness (QED) is 0.672. The predicted octanol–water partition coefficient (Wildman–Crippen LogP) is 1.15. The summed E-state index contributed by atoms with van der Waals surface area (Å²) in [4.78, 5) is 3.87. The average molecular weight is 159 g/mol. The first kappa shape index (κ1) is 7.63. The van der Waals surface area contributed by atoms with Crippen molar-refractivity contribution in [2.75, 3.05) is 5.75 Å².